The van der Waals surface area contributed by atoms with Crippen molar-refractivity contribution in [1.82, 2.24) is 20.0 Å². The number of rotatable bonds is 6. The zero-order valence-corrected chi connectivity index (χ0v) is 14.0. The van der Waals surface area contributed by atoms with Gasteiger partial charge in [-0.3, -0.25) is 4.79 Å². The number of hydrogen-bond donors (Lipinski definition) is 1. The highest BCUT2D eigenvalue weighted by molar-refractivity contribution is 6.32. The third kappa shape index (κ3) is 4.16. The highest BCUT2D eigenvalue weighted by Gasteiger charge is 2.18. The Morgan fingerprint density at radius 3 is 3.00 bits per heavy atom. The van der Waals surface area contributed by atoms with Crippen LogP contribution in [0, 0.1) is 5.82 Å². The monoisotopic (exact) mass is 364 g/mol. The van der Waals surface area contributed by atoms with E-state index in [1.165, 1.54) is 23.1 Å². The molecule has 2 aromatic heterocycles. The molecule has 0 aliphatic heterocycles. The number of amides is 1. The first kappa shape index (κ1) is 17.0. The molecule has 2 heterocycles. The van der Waals surface area contributed by atoms with Crippen molar-refractivity contribution in [3.63, 3.8) is 0 Å². The molecular weight excluding hydrogens is 351 g/mol. The molecule has 0 radical (unpaired) electrons. The van der Waals surface area contributed by atoms with Gasteiger partial charge in [0.25, 0.3) is 5.91 Å². The molecule has 0 aliphatic rings. The van der Waals surface area contributed by atoms with Crippen LogP contribution in [0.2, 0.25) is 5.02 Å². The quantitative estimate of drug-likeness (QED) is 0.726. The molecule has 1 N–H and O–H groups in total. The lowest BCUT2D eigenvalue weighted by molar-refractivity contribution is 0.0771. The van der Waals surface area contributed by atoms with Gasteiger partial charge in [-0.05, 0) is 18.2 Å². The number of benzene rings is 1. The number of nitrogens with zero attached hydrogens (tertiary/aromatic N) is 3. The van der Waals surface area contributed by atoms with Gasteiger partial charge in [-0.2, -0.15) is 0 Å². The van der Waals surface area contributed by atoms with Gasteiger partial charge in [-0.15, -0.1) is 0 Å². The molecule has 130 valence electrons. The Hall–Kier alpha value is -2.87. The first-order chi connectivity index (χ1) is 12.0. The molecule has 0 saturated carbocycles. The predicted octanol–water partition coefficient (Wildman–Crippen LogP) is 3.04. The Bertz CT molecular complexity index is 866. The summed E-state index contributed by atoms with van der Waals surface area (Å²) < 4.78 is 23.5. The number of halogens is 2. The Balaban J connectivity index is 1.60. The Labute approximate surface area is 147 Å². The van der Waals surface area contributed by atoms with E-state index in [0.29, 0.717) is 23.9 Å². The number of aromatic nitrogens is 3. The summed E-state index contributed by atoms with van der Waals surface area (Å²) in [6.45, 7) is 0.323. The van der Waals surface area contributed by atoms with E-state index in [9.17, 15) is 9.18 Å². The van der Waals surface area contributed by atoms with Gasteiger partial charge in [-0.1, -0.05) is 16.8 Å². The molecule has 0 aliphatic carbocycles. The van der Waals surface area contributed by atoms with Crippen molar-refractivity contribution in [3.8, 4) is 5.75 Å². The number of carbonyl (C=O) groups is 1. The average Bonchev–Trinajstić information content (AvgIpc) is 3.25. The summed E-state index contributed by atoms with van der Waals surface area (Å²) in [5, 5.41) is 3.89. The fourth-order valence-corrected chi connectivity index (χ4v) is 2.32. The van der Waals surface area contributed by atoms with Crippen LogP contribution in [-0.2, 0) is 13.2 Å². The summed E-state index contributed by atoms with van der Waals surface area (Å²) in [6, 6.07) is 5.28. The fourth-order valence-electron chi connectivity index (χ4n) is 2.10. The maximum atomic E-state index is 13.0. The summed E-state index contributed by atoms with van der Waals surface area (Å²) in [6.07, 6.45) is 3.29. The third-order valence-corrected chi connectivity index (χ3v) is 3.63. The first-order valence-corrected chi connectivity index (χ1v) is 7.68. The maximum Gasteiger partial charge on any atom is 0.276 e. The van der Waals surface area contributed by atoms with Gasteiger partial charge in [-0.25, -0.2) is 9.37 Å². The number of imidazole rings is 1. The number of aromatic amines is 1. The summed E-state index contributed by atoms with van der Waals surface area (Å²) in [7, 11) is 1.63. The van der Waals surface area contributed by atoms with Crippen LogP contribution >= 0.6 is 11.6 Å². The topological polar surface area (TPSA) is 84.2 Å². The summed E-state index contributed by atoms with van der Waals surface area (Å²) in [5.74, 6) is 0.544. The van der Waals surface area contributed by atoms with E-state index in [-0.39, 0.29) is 23.2 Å². The Morgan fingerprint density at radius 2 is 2.28 bits per heavy atom. The van der Waals surface area contributed by atoms with Crippen LogP contribution in [0.4, 0.5) is 4.39 Å². The molecule has 1 aromatic carbocycles. The van der Waals surface area contributed by atoms with Crippen molar-refractivity contribution in [1.29, 1.82) is 0 Å². The molecule has 1 amide bonds. The molecule has 3 aromatic rings. The second kappa shape index (κ2) is 7.35. The minimum absolute atomic E-state index is 0.00747. The molecule has 3 rings (SSSR count). The first-order valence-electron chi connectivity index (χ1n) is 7.30. The molecule has 0 bridgehead atoms. The fraction of sp³-hybridized carbons (Fsp3) is 0.188. The van der Waals surface area contributed by atoms with Crippen molar-refractivity contribution < 1.29 is 18.4 Å². The molecule has 7 nitrogen and oxygen atoms in total. The molecular formula is C16H14ClFN4O3. The van der Waals surface area contributed by atoms with Crippen molar-refractivity contribution in [2.45, 2.75) is 13.2 Å². The largest absolute Gasteiger partial charge is 0.484 e. The smallest absolute Gasteiger partial charge is 0.276 e. The summed E-state index contributed by atoms with van der Waals surface area (Å²) in [4.78, 5) is 20.7. The molecule has 0 atom stereocenters. The van der Waals surface area contributed by atoms with Crippen LogP contribution in [0.3, 0.4) is 0 Å². The summed E-state index contributed by atoms with van der Waals surface area (Å²) in [5.41, 5.74) is 0.151. The van der Waals surface area contributed by atoms with Gasteiger partial charge in [0.15, 0.2) is 11.5 Å². The van der Waals surface area contributed by atoms with Crippen LogP contribution in [0.5, 0.6) is 5.75 Å². The lowest BCUT2D eigenvalue weighted by atomic mass is 10.3. The lowest BCUT2D eigenvalue weighted by Gasteiger charge is -2.13. The molecule has 9 heteroatoms. The van der Waals surface area contributed by atoms with Gasteiger partial charge in [0, 0.05) is 25.5 Å². The van der Waals surface area contributed by atoms with Gasteiger partial charge in [0.1, 0.15) is 24.0 Å². The second-order valence-electron chi connectivity index (χ2n) is 5.24. The van der Waals surface area contributed by atoms with Gasteiger partial charge < -0.3 is 19.1 Å². The highest BCUT2D eigenvalue weighted by Crippen LogP contribution is 2.25. The molecule has 0 saturated heterocycles. The van der Waals surface area contributed by atoms with Gasteiger partial charge in [0.05, 0.1) is 11.6 Å². The van der Waals surface area contributed by atoms with Crippen LogP contribution in [0.15, 0.2) is 41.2 Å². The molecule has 0 spiro atoms. The zero-order valence-electron chi connectivity index (χ0n) is 13.2. The molecule has 25 heavy (non-hydrogen) atoms. The van der Waals surface area contributed by atoms with E-state index >= 15 is 0 Å². The zero-order chi connectivity index (χ0) is 17.8. The highest BCUT2D eigenvalue weighted by atomic mass is 35.5. The van der Waals surface area contributed by atoms with E-state index in [2.05, 4.69) is 15.1 Å². The number of nitrogens with one attached hydrogen (secondary N) is 1. The predicted molar refractivity (Wildman–Crippen MR) is 86.6 cm³/mol. The van der Waals surface area contributed by atoms with E-state index in [0.717, 1.165) is 6.07 Å². The van der Waals surface area contributed by atoms with E-state index in [4.69, 9.17) is 20.9 Å². The Kier molecular flexibility index (Phi) is 4.99. The lowest BCUT2D eigenvalue weighted by Crippen LogP contribution is -2.26. The minimum atomic E-state index is -0.454. The number of hydrogen-bond acceptors (Lipinski definition) is 5. The van der Waals surface area contributed by atoms with E-state index < -0.39 is 5.82 Å². The third-order valence-electron chi connectivity index (χ3n) is 3.33. The number of carbonyl (C=O) groups excluding carboxylic acids is 1. The number of ether oxygens (including phenoxy) is 1. The minimum Gasteiger partial charge on any atom is -0.484 e. The van der Waals surface area contributed by atoms with Crippen LogP contribution < -0.4 is 4.74 Å². The van der Waals surface area contributed by atoms with Crippen molar-refractivity contribution >= 4 is 17.5 Å². The number of H-pyrrole nitrogens is 1. The van der Waals surface area contributed by atoms with Crippen molar-refractivity contribution in [2.24, 2.45) is 0 Å². The van der Waals surface area contributed by atoms with Crippen LogP contribution in [-0.4, -0.2) is 33.0 Å². The Morgan fingerprint density at radius 1 is 1.44 bits per heavy atom. The van der Waals surface area contributed by atoms with Crippen LogP contribution in [0.1, 0.15) is 22.1 Å². The van der Waals surface area contributed by atoms with E-state index in [1.54, 1.807) is 19.4 Å². The van der Waals surface area contributed by atoms with Crippen LogP contribution in [0.25, 0.3) is 0 Å². The molecule has 0 fully saturated rings. The van der Waals surface area contributed by atoms with Gasteiger partial charge >= 0.3 is 0 Å². The standard InChI is InChI=1S/C16H14ClFN4O3/c1-22(8-15-19-4-5-20-15)16(23)13-7-11(25-21-13)9-24-14-3-2-10(18)6-12(14)17/h2-7H,8-9H2,1H3,(H,19,20). The SMILES string of the molecule is CN(Cc1ncc[nH]1)C(=O)c1cc(COc2ccc(F)cc2Cl)on1. The second-order valence-corrected chi connectivity index (χ2v) is 5.65. The van der Waals surface area contributed by atoms with Crippen molar-refractivity contribution in [3.05, 3.63) is 64.8 Å². The normalized spacial score (nSPS) is 10.7. The summed E-state index contributed by atoms with van der Waals surface area (Å²) >= 11 is 5.88. The van der Waals surface area contributed by atoms with E-state index in [1.807, 2.05) is 0 Å². The molecule has 0 unspecified atom stereocenters. The average molecular weight is 365 g/mol. The van der Waals surface area contributed by atoms with Crippen molar-refractivity contribution in [2.75, 3.05) is 7.05 Å². The van der Waals surface area contributed by atoms with Gasteiger partial charge in [0.2, 0.25) is 0 Å². The maximum absolute atomic E-state index is 13.0.